The van der Waals surface area contributed by atoms with Crippen molar-refractivity contribution in [2.24, 2.45) is 0 Å². The SMILES string of the molecule is O=C(CCCl)Nc1ccc(C=CCNC(=O)OCC2c3ccccc3-c3ccccc32)cc1. The van der Waals surface area contributed by atoms with Crippen LogP contribution in [0.15, 0.2) is 78.9 Å². The van der Waals surface area contributed by atoms with E-state index in [9.17, 15) is 9.59 Å². The molecule has 33 heavy (non-hydrogen) atoms. The molecule has 0 saturated carbocycles. The highest BCUT2D eigenvalue weighted by Gasteiger charge is 2.28. The van der Waals surface area contributed by atoms with Crippen LogP contribution >= 0.6 is 11.6 Å². The maximum absolute atomic E-state index is 12.2. The van der Waals surface area contributed by atoms with E-state index in [2.05, 4.69) is 34.9 Å². The van der Waals surface area contributed by atoms with Crippen molar-refractivity contribution in [1.29, 1.82) is 0 Å². The van der Waals surface area contributed by atoms with Crippen LogP contribution in [0.4, 0.5) is 10.5 Å². The number of rotatable bonds is 8. The molecule has 0 spiro atoms. The van der Waals surface area contributed by atoms with Crippen LogP contribution in [0.25, 0.3) is 17.2 Å². The molecule has 168 valence electrons. The standard InChI is InChI=1S/C27H25ClN2O3/c28-16-15-26(31)30-20-13-11-19(12-14-20)6-5-17-29-27(32)33-18-25-23-9-3-1-7-21(23)22-8-2-4-10-24(22)25/h1-14,25H,15-18H2,(H,29,32)(H,30,31). The van der Waals surface area contributed by atoms with Gasteiger partial charge in [-0.05, 0) is 39.9 Å². The van der Waals surface area contributed by atoms with Gasteiger partial charge in [-0.3, -0.25) is 4.79 Å². The number of fused-ring (bicyclic) bond motifs is 3. The number of carbonyl (C=O) groups excluding carboxylic acids is 2. The van der Waals surface area contributed by atoms with Gasteiger partial charge < -0.3 is 15.4 Å². The summed E-state index contributed by atoms with van der Waals surface area (Å²) < 4.78 is 5.53. The first-order chi connectivity index (χ1) is 16.2. The van der Waals surface area contributed by atoms with E-state index in [4.69, 9.17) is 16.3 Å². The van der Waals surface area contributed by atoms with Crippen LogP contribution in [0, 0.1) is 0 Å². The van der Waals surface area contributed by atoms with Gasteiger partial charge in [0.2, 0.25) is 5.91 Å². The first-order valence-corrected chi connectivity index (χ1v) is 11.4. The number of carbonyl (C=O) groups is 2. The van der Waals surface area contributed by atoms with Crippen molar-refractivity contribution in [2.75, 3.05) is 24.3 Å². The number of benzene rings is 3. The Kier molecular flexibility index (Phi) is 7.43. The summed E-state index contributed by atoms with van der Waals surface area (Å²) in [6, 6.07) is 23.9. The first-order valence-electron chi connectivity index (χ1n) is 10.9. The molecule has 1 aliphatic carbocycles. The Hall–Kier alpha value is -3.57. The summed E-state index contributed by atoms with van der Waals surface area (Å²) in [6.45, 7) is 0.644. The summed E-state index contributed by atoms with van der Waals surface area (Å²) in [7, 11) is 0. The fourth-order valence-electron chi connectivity index (χ4n) is 3.97. The van der Waals surface area contributed by atoms with Crippen molar-refractivity contribution >= 4 is 35.4 Å². The lowest BCUT2D eigenvalue weighted by Crippen LogP contribution is -2.26. The molecule has 0 fully saturated rings. The number of nitrogens with one attached hydrogen (secondary N) is 2. The van der Waals surface area contributed by atoms with E-state index >= 15 is 0 Å². The maximum Gasteiger partial charge on any atom is 0.407 e. The second-order valence-corrected chi connectivity index (χ2v) is 8.10. The van der Waals surface area contributed by atoms with Gasteiger partial charge in [0.1, 0.15) is 6.61 Å². The molecule has 5 nitrogen and oxygen atoms in total. The van der Waals surface area contributed by atoms with Gasteiger partial charge in [0.15, 0.2) is 0 Å². The Morgan fingerprint density at radius 1 is 0.909 bits per heavy atom. The highest BCUT2D eigenvalue weighted by Crippen LogP contribution is 2.44. The summed E-state index contributed by atoms with van der Waals surface area (Å²) in [6.07, 6.45) is 3.58. The predicted octanol–water partition coefficient (Wildman–Crippen LogP) is 5.81. The molecule has 0 bridgehead atoms. The number of alkyl halides is 1. The molecule has 0 radical (unpaired) electrons. The zero-order valence-electron chi connectivity index (χ0n) is 18.1. The van der Waals surface area contributed by atoms with E-state index in [1.807, 2.05) is 60.7 Å². The third kappa shape index (κ3) is 5.62. The second kappa shape index (κ2) is 10.8. The van der Waals surface area contributed by atoms with E-state index < -0.39 is 6.09 Å². The topological polar surface area (TPSA) is 67.4 Å². The minimum absolute atomic E-state index is 0.0436. The fraction of sp³-hybridized carbons (Fsp3) is 0.185. The summed E-state index contributed by atoms with van der Waals surface area (Å²) in [5.41, 5.74) is 6.46. The number of amides is 2. The summed E-state index contributed by atoms with van der Waals surface area (Å²) in [4.78, 5) is 23.8. The average Bonchev–Trinajstić information content (AvgIpc) is 3.15. The minimum atomic E-state index is -0.445. The molecule has 3 aromatic carbocycles. The third-order valence-corrected chi connectivity index (χ3v) is 5.72. The number of alkyl carbamates (subject to hydrolysis) is 1. The highest BCUT2D eigenvalue weighted by atomic mass is 35.5. The van der Waals surface area contributed by atoms with Crippen LogP contribution in [0.3, 0.4) is 0 Å². The second-order valence-electron chi connectivity index (χ2n) is 7.72. The van der Waals surface area contributed by atoms with Gasteiger partial charge in [-0.25, -0.2) is 4.79 Å². The fourth-order valence-corrected chi connectivity index (χ4v) is 4.15. The molecule has 4 rings (SSSR count). The van der Waals surface area contributed by atoms with E-state index in [0.29, 0.717) is 19.0 Å². The lowest BCUT2D eigenvalue weighted by Gasteiger charge is -2.14. The highest BCUT2D eigenvalue weighted by molar-refractivity contribution is 6.19. The summed E-state index contributed by atoms with van der Waals surface area (Å²) >= 11 is 5.57. The molecular formula is C27H25ClN2O3. The van der Waals surface area contributed by atoms with Crippen LogP contribution < -0.4 is 10.6 Å². The van der Waals surface area contributed by atoms with Crippen molar-refractivity contribution in [1.82, 2.24) is 5.32 Å². The molecule has 0 saturated heterocycles. The molecule has 2 N–H and O–H groups in total. The molecule has 1 aliphatic rings. The molecule has 0 unspecified atom stereocenters. The number of hydrogen-bond donors (Lipinski definition) is 2. The van der Waals surface area contributed by atoms with E-state index in [1.165, 1.54) is 22.3 Å². The predicted molar refractivity (Wildman–Crippen MR) is 133 cm³/mol. The Balaban J connectivity index is 1.25. The third-order valence-electron chi connectivity index (χ3n) is 5.53. The van der Waals surface area contributed by atoms with Crippen molar-refractivity contribution in [3.8, 4) is 11.1 Å². The van der Waals surface area contributed by atoms with Crippen molar-refractivity contribution in [3.05, 3.63) is 95.6 Å². The Labute approximate surface area is 198 Å². The van der Waals surface area contributed by atoms with Gasteiger partial charge in [0.25, 0.3) is 0 Å². The molecule has 0 aromatic heterocycles. The molecule has 0 atom stereocenters. The molecule has 2 amide bonds. The Morgan fingerprint density at radius 2 is 1.55 bits per heavy atom. The Morgan fingerprint density at radius 3 is 2.18 bits per heavy atom. The lowest BCUT2D eigenvalue weighted by molar-refractivity contribution is -0.115. The molecule has 0 aliphatic heterocycles. The van der Waals surface area contributed by atoms with Gasteiger partial charge in [-0.15, -0.1) is 11.6 Å². The quantitative estimate of drug-likeness (QED) is 0.417. The van der Waals surface area contributed by atoms with Gasteiger partial charge in [-0.1, -0.05) is 72.8 Å². The van der Waals surface area contributed by atoms with Crippen molar-refractivity contribution in [2.45, 2.75) is 12.3 Å². The van der Waals surface area contributed by atoms with Crippen molar-refractivity contribution in [3.63, 3.8) is 0 Å². The van der Waals surface area contributed by atoms with E-state index in [-0.39, 0.29) is 18.2 Å². The number of anilines is 1. The monoisotopic (exact) mass is 460 g/mol. The summed E-state index contributed by atoms with van der Waals surface area (Å²) in [5, 5.41) is 5.54. The van der Waals surface area contributed by atoms with Crippen LogP contribution in [0.2, 0.25) is 0 Å². The number of ether oxygens (including phenoxy) is 1. The average molecular weight is 461 g/mol. The Bertz CT molecular complexity index is 1110. The van der Waals surface area contributed by atoms with E-state index in [0.717, 1.165) is 11.3 Å². The zero-order chi connectivity index (χ0) is 23.0. The van der Waals surface area contributed by atoms with Crippen LogP contribution in [0.5, 0.6) is 0 Å². The van der Waals surface area contributed by atoms with Crippen molar-refractivity contribution < 1.29 is 14.3 Å². The first kappa shape index (κ1) is 22.6. The normalized spacial score (nSPS) is 12.3. The summed E-state index contributed by atoms with van der Waals surface area (Å²) in [5.74, 6) is 0.228. The molecule has 6 heteroatoms. The largest absolute Gasteiger partial charge is 0.449 e. The zero-order valence-corrected chi connectivity index (χ0v) is 18.8. The van der Waals surface area contributed by atoms with Crippen LogP contribution in [0.1, 0.15) is 29.0 Å². The smallest absolute Gasteiger partial charge is 0.407 e. The molecule has 3 aromatic rings. The molecule has 0 heterocycles. The molecular weight excluding hydrogens is 436 g/mol. The lowest BCUT2D eigenvalue weighted by atomic mass is 9.98. The van der Waals surface area contributed by atoms with E-state index in [1.54, 1.807) is 0 Å². The number of halogens is 1. The maximum atomic E-state index is 12.2. The number of hydrogen-bond acceptors (Lipinski definition) is 3. The van der Waals surface area contributed by atoms with Gasteiger partial charge >= 0.3 is 6.09 Å². The van der Waals surface area contributed by atoms with Gasteiger partial charge in [0, 0.05) is 30.5 Å². The van der Waals surface area contributed by atoms with Crippen LogP contribution in [-0.2, 0) is 9.53 Å². The van der Waals surface area contributed by atoms with Crippen LogP contribution in [-0.4, -0.2) is 31.0 Å². The van der Waals surface area contributed by atoms with Gasteiger partial charge in [0.05, 0.1) is 0 Å². The van der Waals surface area contributed by atoms with Gasteiger partial charge in [-0.2, -0.15) is 0 Å². The minimum Gasteiger partial charge on any atom is -0.449 e.